The highest BCUT2D eigenvalue weighted by Crippen LogP contribution is 2.57. The van der Waals surface area contributed by atoms with Crippen LogP contribution in [0.2, 0.25) is 0 Å². The minimum Gasteiger partial charge on any atom is -0.449 e. The number of ether oxygens (including phenoxy) is 2. The van der Waals surface area contributed by atoms with Crippen LogP contribution in [-0.2, 0) is 36.8 Å². The Morgan fingerprint density at radius 2 is 1.55 bits per heavy atom. The Morgan fingerprint density at radius 1 is 0.943 bits per heavy atom. The van der Waals surface area contributed by atoms with E-state index in [1.807, 2.05) is 91.0 Å². The van der Waals surface area contributed by atoms with E-state index < -0.39 is 34.4 Å². The van der Waals surface area contributed by atoms with Crippen LogP contribution < -0.4 is 5.32 Å². The molecular weight excluding hydrogens is 680 g/mol. The van der Waals surface area contributed by atoms with Gasteiger partial charge in [0.1, 0.15) is 19.0 Å². The number of carbonyl (C=O) groups is 1. The summed E-state index contributed by atoms with van der Waals surface area (Å²) in [4.78, 5) is 47.5. The van der Waals surface area contributed by atoms with Crippen molar-refractivity contribution in [3.05, 3.63) is 160 Å². The number of aliphatic hydroxyl groups is 1. The molecule has 0 bridgehead atoms. The second-order valence-electron chi connectivity index (χ2n) is 12.4. The lowest BCUT2D eigenvalue weighted by molar-refractivity contribution is -0.384. The zero-order valence-corrected chi connectivity index (χ0v) is 28.6. The van der Waals surface area contributed by atoms with Crippen LogP contribution in [0.1, 0.15) is 28.7 Å². The van der Waals surface area contributed by atoms with Gasteiger partial charge in [-0.1, -0.05) is 103 Å². The molecule has 1 amide bonds. The predicted molar refractivity (Wildman–Crippen MR) is 193 cm³/mol. The van der Waals surface area contributed by atoms with Crippen molar-refractivity contribution in [2.24, 2.45) is 0 Å². The lowest BCUT2D eigenvalue weighted by atomic mass is 9.61. The van der Waals surface area contributed by atoms with Crippen LogP contribution in [-0.4, -0.2) is 68.2 Å². The number of carbonyl (C=O) groups excluding carboxylic acids is 1. The lowest BCUT2D eigenvalue weighted by Gasteiger charge is -2.51. The van der Waals surface area contributed by atoms with E-state index in [9.17, 15) is 20.0 Å². The van der Waals surface area contributed by atoms with Gasteiger partial charge in [-0.05, 0) is 22.3 Å². The molecule has 6 aromatic rings. The Bertz CT molecular complexity index is 2070. The maximum absolute atomic E-state index is 13.0. The summed E-state index contributed by atoms with van der Waals surface area (Å²) in [5.74, 6) is 0.0840. The Hall–Kier alpha value is -6.06. The highest BCUT2D eigenvalue weighted by atomic mass is 17.2. The van der Waals surface area contributed by atoms with E-state index in [-0.39, 0.29) is 42.3 Å². The summed E-state index contributed by atoms with van der Waals surface area (Å²) in [6, 6.07) is 35.5. The molecule has 2 aromatic heterocycles. The summed E-state index contributed by atoms with van der Waals surface area (Å²) in [6.45, 7) is 0.0397. The summed E-state index contributed by atoms with van der Waals surface area (Å²) in [7, 11) is 1.41. The topological polar surface area (TPSA) is 173 Å². The third kappa shape index (κ3) is 6.49. The Morgan fingerprint density at radius 3 is 2.11 bits per heavy atom. The van der Waals surface area contributed by atoms with Gasteiger partial charge in [0.2, 0.25) is 0 Å². The van der Waals surface area contributed by atoms with Gasteiger partial charge in [-0.3, -0.25) is 20.0 Å². The molecule has 0 unspecified atom stereocenters. The first-order chi connectivity index (χ1) is 25.9. The largest absolute Gasteiger partial charge is 0.449 e. The minimum absolute atomic E-state index is 0.00807. The molecule has 1 aliphatic rings. The molecule has 14 nitrogen and oxygen atoms in total. The van der Waals surface area contributed by atoms with Gasteiger partial charge < -0.3 is 14.6 Å². The number of nitro benzene ring substituents is 1. The van der Waals surface area contributed by atoms with Crippen LogP contribution in [0.15, 0.2) is 128 Å². The SMILES string of the molecule is COOC[C@@H]1C[C@@H](O)[C@@](n2cnc3c(NC(=O)OCCc4ccc([N+](=O)[O-])cc4)ncnc32)(C(c2ccccc2)(c2ccccc2)c2ccccc2)O1. The van der Waals surface area contributed by atoms with E-state index >= 15 is 0 Å². The van der Waals surface area contributed by atoms with Gasteiger partial charge in [-0.2, -0.15) is 0 Å². The fourth-order valence-electron chi connectivity index (χ4n) is 7.30. The number of nitro groups is 1. The number of rotatable bonds is 13. The molecule has 1 aliphatic heterocycles. The van der Waals surface area contributed by atoms with E-state index in [0.717, 1.165) is 22.3 Å². The molecule has 1 saturated heterocycles. The molecule has 270 valence electrons. The van der Waals surface area contributed by atoms with Gasteiger partial charge in [0.15, 0.2) is 22.7 Å². The molecule has 1 fully saturated rings. The molecule has 53 heavy (non-hydrogen) atoms. The molecule has 3 heterocycles. The fraction of sp³-hybridized carbons (Fsp3) is 0.231. The summed E-state index contributed by atoms with van der Waals surface area (Å²) in [5, 5.41) is 26.2. The first kappa shape index (κ1) is 35.3. The number of nitrogens with zero attached hydrogens (tertiary/aromatic N) is 5. The molecule has 0 aliphatic carbocycles. The Balaban J connectivity index is 1.33. The summed E-state index contributed by atoms with van der Waals surface area (Å²) in [5.41, 5.74) is 0.868. The van der Waals surface area contributed by atoms with Crippen LogP contribution in [0.25, 0.3) is 11.2 Å². The number of imidazole rings is 1. The quantitative estimate of drug-likeness (QED) is 0.0627. The van der Waals surface area contributed by atoms with Gasteiger partial charge >= 0.3 is 6.09 Å². The monoisotopic (exact) mass is 716 g/mol. The van der Waals surface area contributed by atoms with E-state index in [2.05, 4.69) is 15.3 Å². The molecule has 0 spiro atoms. The average molecular weight is 717 g/mol. The Labute approximate surface area is 304 Å². The number of amides is 1. The summed E-state index contributed by atoms with van der Waals surface area (Å²) < 4.78 is 14.3. The number of non-ortho nitro benzene ring substituents is 1. The van der Waals surface area contributed by atoms with Crippen LogP contribution in [0.4, 0.5) is 16.3 Å². The fourth-order valence-corrected chi connectivity index (χ4v) is 7.30. The number of anilines is 1. The maximum atomic E-state index is 13.0. The van der Waals surface area contributed by atoms with Gasteiger partial charge in [0.05, 0.1) is 36.5 Å². The van der Waals surface area contributed by atoms with Crippen molar-refractivity contribution in [2.45, 2.75) is 36.2 Å². The highest BCUT2D eigenvalue weighted by Gasteiger charge is 2.65. The predicted octanol–water partition coefficient (Wildman–Crippen LogP) is 5.94. The molecule has 3 atom stereocenters. The maximum Gasteiger partial charge on any atom is 0.412 e. The van der Waals surface area contributed by atoms with Crippen LogP contribution in [0.5, 0.6) is 0 Å². The molecular formula is C39H36N6O8. The van der Waals surface area contributed by atoms with Gasteiger partial charge in [0.25, 0.3) is 5.69 Å². The van der Waals surface area contributed by atoms with Crippen molar-refractivity contribution in [3.8, 4) is 0 Å². The van der Waals surface area contributed by atoms with Crippen molar-refractivity contribution in [1.29, 1.82) is 0 Å². The van der Waals surface area contributed by atoms with Crippen LogP contribution >= 0.6 is 0 Å². The van der Waals surface area contributed by atoms with E-state index in [0.29, 0.717) is 6.42 Å². The van der Waals surface area contributed by atoms with Crippen LogP contribution in [0, 0.1) is 10.1 Å². The molecule has 14 heteroatoms. The molecule has 0 saturated carbocycles. The smallest absolute Gasteiger partial charge is 0.412 e. The average Bonchev–Trinajstić information content (AvgIpc) is 3.78. The second-order valence-corrected chi connectivity index (χ2v) is 12.4. The number of fused-ring (bicyclic) bond motifs is 1. The zero-order valence-electron chi connectivity index (χ0n) is 28.6. The molecule has 2 N–H and O–H groups in total. The third-order valence-corrected chi connectivity index (χ3v) is 9.50. The van der Waals surface area contributed by atoms with Gasteiger partial charge in [-0.15, -0.1) is 0 Å². The molecule has 7 rings (SSSR count). The van der Waals surface area contributed by atoms with Crippen LogP contribution in [0.3, 0.4) is 0 Å². The number of aliphatic hydroxyl groups excluding tert-OH is 1. The normalized spacial score (nSPS) is 18.5. The third-order valence-electron chi connectivity index (χ3n) is 9.50. The number of aromatic nitrogens is 4. The van der Waals surface area contributed by atoms with Gasteiger partial charge in [0, 0.05) is 25.0 Å². The molecule has 0 radical (unpaired) electrons. The second kappa shape index (κ2) is 15.3. The zero-order chi connectivity index (χ0) is 36.8. The van der Waals surface area contributed by atoms with E-state index in [1.165, 1.54) is 31.9 Å². The van der Waals surface area contributed by atoms with Crippen molar-refractivity contribution in [3.63, 3.8) is 0 Å². The van der Waals surface area contributed by atoms with Gasteiger partial charge in [-0.25, -0.2) is 29.5 Å². The summed E-state index contributed by atoms with van der Waals surface area (Å²) in [6.07, 6.45) is 0.779. The first-order valence-corrected chi connectivity index (χ1v) is 16.9. The minimum atomic E-state index is -1.65. The number of hydrogen-bond donors (Lipinski definition) is 2. The first-order valence-electron chi connectivity index (χ1n) is 16.9. The number of hydrogen-bond acceptors (Lipinski definition) is 11. The van der Waals surface area contributed by atoms with Crippen molar-refractivity contribution < 1.29 is 34.1 Å². The van der Waals surface area contributed by atoms with Crippen molar-refractivity contribution in [1.82, 2.24) is 19.5 Å². The number of benzene rings is 4. The number of nitrogens with one attached hydrogen (secondary N) is 1. The highest BCUT2D eigenvalue weighted by molar-refractivity contribution is 5.93. The van der Waals surface area contributed by atoms with E-state index in [4.69, 9.17) is 24.2 Å². The molecule has 4 aromatic carbocycles. The summed E-state index contributed by atoms with van der Waals surface area (Å²) >= 11 is 0. The lowest BCUT2D eigenvalue weighted by Crippen LogP contribution is -2.60. The van der Waals surface area contributed by atoms with Crippen molar-refractivity contribution >= 4 is 28.8 Å². The van der Waals surface area contributed by atoms with E-state index in [1.54, 1.807) is 16.7 Å². The standard InChI is InChI=1S/C39H36N6O8/c1-50-52-24-32-23-33(46)39(53-32,38(28-11-5-2-6-12-28,29-13-7-3-8-14-29)30-15-9-4-10-16-30)44-26-42-34-35(40-25-41-36(34)44)43-37(47)51-22-21-27-17-19-31(20-18-27)45(48)49/h2-20,25-26,32-33,46H,21-24H2,1H3,(H,40,41,43,47)/t32-,33+,39-/m0/s1. The Kier molecular flexibility index (Phi) is 10.2. The van der Waals surface area contributed by atoms with Crippen molar-refractivity contribution in [2.75, 3.05) is 25.6 Å².